The predicted octanol–water partition coefficient (Wildman–Crippen LogP) is 2.90. The second-order valence-corrected chi connectivity index (χ2v) is 5.29. The first kappa shape index (κ1) is 13.6. The summed E-state index contributed by atoms with van der Waals surface area (Å²) < 4.78 is 7.51. The molecule has 0 fully saturated rings. The molecule has 20 heavy (non-hydrogen) atoms. The molecular weight excluding hydrogens is 276 g/mol. The van der Waals surface area contributed by atoms with Gasteiger partial charge in [0.1, 0.15) is 12.2 Å². The maximum absolute atomic E-state index is 10.7. The van der Waals surface area contributed by atoms with Gasteiger partial charge >= 0.3 is 0 Å². The van der Waals surface area contributed by atoms with E-state index < -0.39 is 6.10 Å². The molecule has 1 N–H and O–H groups in total. The summed E-state index contributed by atoms with van der Waals surface area (Å²) in [6.45, 7) is 3.24. The highest BCUT2D eigenvalue weighted by molar-refractivity contribution is 6.31. The number of aliphatic hydroxyl groups excluding tert-OH is 1. The number of aromatic nitrogens is 2. The molecule has 3 rings (SSSR count). The van der Waals surface area contributed by atoms with Crippen molar-refractivity contribution in [2.75, 3.05) is 6.61 Å². The molecule has 2 unspecified atom stereocenters. The molecule has 1 aromatic heterocycles. The van der Waals surface area contributed by atoms with Crippen LogP contribution in [0.3, 0.4) is 0 Å². The van der Waals surface area contributed by atoms with Crippen molar-refractivity contribution in [2.45, 2.75) is 32.1 Å². The maximum atomic E-state index is 10.7. The molecule has 0 bridgehead atoms. The van der Waals surface area contributed by atoms with Crippen molar-refractivity contribution in [2.24, 2.45) is 0 Å². The lowest BCUT2D eigenvalue weighted by atomic mass is 9.93. The van der Waals surface area contributed by atoms with Gasteiger partial charge in [0, 0.05) is 6.54 Å². The zero-order chi connectivity index (χ0) is 14.1. The fourth-order valence-electron chi connectivity index (χ4n) is 2.75. The third kappa shape index (κ3) is 2.24. The predicted molar refractivity (Wildman–Crippen MR) is 76.7 cm³/mol. The van der Waals surface area contributed by atoms with Gasteiger partial charge in [-0.25, -0.2) is 0 Å². The Morgan fingerprint density at radius 1 is 1.50 bits per heavy atom. The number of nitrogens with zero attached hydrogens (tertiary/aromatic N) is 2. The molecule has 1 aliphatic heterocycles. The highest BCUT2D eigenvalue weighted by Crippen LogP contribution is 2.38. The van der Waals surface area contributed by atoms with Gasteiger partial charge in [0.2, 0.25) is 0 Å². The number of hydrogen-bond donors (Lipinski definition) is 1. The summed E-state index contributed by atoms with van der Waals surface area (Å²) >= 11 is 6.17. The van der Waals surface area contributed by atoms with E-state index in [0.29, 0.717) is 23.9 Å². The molecule has 1 aliphatic rings. The number of rotatable bonds is 3. The summed E-state index contributed by atoms with van der Waals surface area (Å²) in [5.74, 6) is 0. The minimum Gasteiger partial charge on any atom is -0.384 e. The van der Waals surface area contributed by atoms with Gasteiger partial charge < -0.3 is 9.84 Å². The van der Waals surface area contributed by atoms with Gasteiger partial charge in [-0.15, -0.1) is 0 Å². The van der Waals surface area contributed by atoms with E-state index in [1.54, 1.807) is 10.9 Å². The third-order valence-electron chi connectivity index (χ3n) is 3.73. The van der Waals surface area contributed by atoms with E-state index >= 15 is 0 Å². The number of hydrogen-bond acceptors (Lipinski definition) is 3. The van der Waals surface area contributed by atoms with Crippen molar-refractivity contribution in [1.29, 1.82) is 0 Å². The quantitative estimate of drug-likeness (QED) is 0.946. The van der Waals surface area contributed by atoms with E-state index in [-0.39, 0.29) is 6.10 Å². The van der Waals surface area contributed by atoms with Crippen molar-refractivity contribution < 1.29 is 9.84 Å². The second kappa shape index (κ2) is 5.56. The maximum Gasteiger partial charge on any atom is 0.127 e. The minimum absolute atomic E-state index is 0.389. The van der Waals surface area contributed by atoms with Gasteiger partial charge in [-0.2, -0.15) is 5.10 Å². The summed E-state index contributed by atoms with van der Waals surface area (Å²) in [5, 5.41) is 15.4. The minimum atomic E-state index is -0.814. The summed E-state index contributed by atoms with van der Waals surface area (Å²) in [6.07, 6.45) is 1.24. The lowest BCUT2D eigenvalue weighted by Crippen LogP contribution is -2.24. The van der Waals surface area contributed by atoms with Gasteiger partial charge in [-0.1, -0.05) is 35.9 Å². The Balaban J connectivity index is 1.99. The first-order valence-electron chi connectivity index (χ1n) is 6.81. The van der Waals surface area contributed by atoms with Crippen LogP contribution < -0.4 is 0 Å². The Morgan fingerprint density at radius 3 is 3.10 bits per heavy atom. The smallest absolute Gasteiger partial charge is 0.127 e. The monoisotopic (exact) mass is 292 g/mol. The normalized spacial score (nSPS) is 19.6. The number of fused-ring (bicyclic) bond motifs is 1. The van der Waals surface area contributed by atoms with Crippen molar-refractivity contribution in [3.63, 3.8) is 0 Å². The summed E-state index contributed by atoms with van der Waals surface area (Å²) in [7, 11) is 0. The topological polar surface area (TPSA) is 47.3 Å². The Hall–Kier alpha value is -1.36. The Kier molecular flexibility index (Phi) is 3.78. The van der Waals surface area contributed by atoms with Crippen LogP contribution in [0.5, 0.6) is 0 Å². The standard InChI is InChI=1S/C15H17ClN2O2/c1-2-18-13(12(16)9-17-18)14(19)15-11-6-4-3-5-10(11)7-8-20-15/h3-6,9,14-15,19H,2,7-8H2,1H3. The SMILES string of the molecule is CCn1ncc(Cl)c1C(O)C1OCCc2ccccc21. The number of aryl methyl sites for hydroxylation is 1. The summed E-state index contributed by atoms with van der Waals surface area (Å²) in [4.78, 5) is 0. The van der Waals surface area contributed by atoms with Crippen molar-refractivity contribution >= 4 is 11.6 Å². The summed E-state index contributed by atoms with van der Waals surface area (Å²) in [6, 6.07) is 8.06. The first-order valence-corrected chi connectivity index (χ1v) is 7.18. The van der Waals surface area contributed by atoms with Crippen LogP contribution in [-0.2, 0) is 17.7 Å². The Labute approximate surface area is 122 Å². The lowest BCUT2D eigenvalue weighted by Gasteiger charge is -2.30. The Bertz CT molecular complexity index is 612. The molecule has 5 heteroatoms. The van der Waals surface area contributed by atoms with E-state index in [0.717, 1.165) is 12.0 Å². The number of aliphatic hydroxyl groups is 1. The van der Waals surface area contributed by atoms with E-state index in [9.17, 15) is 5.11 Å². The molecule has 1 aromatic carbocycles. The highest BCUT2D eigenvalue weighted by Gasteiger charge is 2.32. The molecule has 106 valence electrons. The molecule has 0 saturated carbocycles. The van der Waals surface area contributed by atoms with Crippen molar-refractivity contribution in [3.8, 4) is 0 Å². The summed E-state index contributed by atoms with van der Waals surface area (Å²) in [5.41, 5.74) is 2.88. The van der Waals surface area contributed by atoms with E-state index in [2.05, 4.69) is 11.2 Å². The number of ether oxygens (including phenoxy) is 1. The number of halogens is 1. The van der Waals surface area contributed by atoms with Crippen LogP contribution in [-0.4, -0.2) is 21.5 Å². The molecule has 0 aliphatic carbocycles. The molecule has 2 atom stereocenters. The van der Waals surface area contributed by atoms with Crippen molar-refractivity contribution in [1.82, 2.24) is 9.78 Å². The highest BCUT2D eigenvalue weighted by atomic mass is 35.5. The van der Waals surface area contributed by atoms with Crippen molar-refractivity contribution in [3.05, 3.63) is 52.3 Å². The zero-order valence-electron chi connectivity index (χ0n) is 11.3. The molecule has 2 aromatic rings. The fourth-order valence-corrected chi connectivity index (χ4v) is 3.00. The van der Waals surface area contributed by atoms with Crippen LogP contribution in [0, 0.1) is 0 Å². The number of benzene rings is 1. The molecule has 0 spiro atoms. The van der Waals surface area contributed by atoms with Crippen LogP contribution in [0.1, 0.15) is 36.0 Å². The lowest BCUT2D eigenvalue weighted by molar-refractivity contribution is -0.0515. The van der Waals surface area contributed by atoms with Gasteiger partial charge in [0.15, 0.2) is 0 Å². The largest absolute Gasteiger partial charge is 0.384 e. The Morgan fingerprint density at radius 2 is 2.30 bits per heavy atom. The van der Waals surface area contributed by atoms with Crippen LogP contribution in [0.4, 0.5) is 0 Å². The first-order chi connectivity index (χ1) is 9.72. The van der Waals surface area contributed by atoms with Gasteiger partial charge in [-0.3, -0.25) is 4.68 Å². The molecular formula is C15H17ClN2O2. The second-order valence-electron chi connectivity index (χ2n) is 4.88. The average Bonchev–Trinajstić information content (AvgIpc) is 2.87. The van der Waals surface area contributed by atoms with E-state index in [1.165, 1.54) is 5.56 Å². The third-order valence-corrected chi connectivity index (χ3v) is 4.02. The van der Waals surface area contributed by atoms with Gasteiger partial charge in [0.25, 0.3) is 0 Å². The van der Waals surface area contributed by atoms with Crippen LogP contribution in [0.15, 0.2) is 30.5 Å². The molecule has 2 heterocycles. The van der Waals surface area contributed by atoms with Gasteiger partial charge in [-0.05, 0) is 24.5 Å². The molecule has 4 nitrogen and oxygen atoms in total. The molecule has 0 saturated heterocycles. The van der Waals surface area contributed by atoms with E-state index in [1.807, 2.05) is 25.1 Å². The zero-order valence-corrected chi connectivity index (χ0v) is 12.0. The van der Waals surface area contributed by atoms with Crippen LogP contribution >= 0.6 is 11.6 Å². The van der Waals surface area contributed by atoms with Crippen LogP contribution in [0.2, 0.25) is 5.02 Å². The molecule has 0 amide bonds. The fraction of sp³-hybridized carbons (Fsp3) is 0.400. The van der Waals surface area contributed by atoms with E-state index in [4.69, 9.17) is 16.3 Å². The van der Waals surface area contributed by atoms with Gasteiger partial charge in [0.05, 0.1) is 23.5 Å². The van der Waals surface area contributed by atoms with Crippen LogP contribution in [0.25, 0.3) is 0 Å². The molecule has 0 radical (unpaired) electrons. The average molecular weight is 293 g/mol.